The molecule has 7 rings (SSSR count). The smallest absolute Gasteiger partial charge is 0.422 e. The third-order valence-corrected chi connectivity index (χ3v) is 9.46. The molecule has 14 heteroatoms. The lowest BCUT2D eigenvalue weighted by molar-refractivity contribution is -0.235. The van der Waals surface area contributed by atoms with Crippen LogP contribution in [0.3, 0.4) is 0 Å². The van der Waals surface area contributed by atoms with Crippen LogP contribution < -0.4 is 5.32 Å². The Morgan fingerprint density at radius 2 is 1.82 bits per heavy atom. The van der Waals surface area contributed by atoms with Crippen LogP contribution in [0.2, 0.25) is 0 Å². The molecule has 2 N–H and O–H groups in total. The number of hydroxylamine groups is 2. The number of nitrogens with zero attached hydrogens (tertiary/aromatic N) is 1. The summed E-state index contributed by atoms with van der Waals surface area (Å²) in [5.74, 6) is -2.61. The van der Waals surface area contributed by atoms with Crippen molar-refractivity contribution in [2.24, 2.45) is 17.3 Å². The zero-order valence-electron chi connectivity index (χ0n) is 23.7. The van der Waals surface area contributed by atoms with Gasteiger partial charge in [-0.15, -0.1) is 0 Å². The Labute approximate surface area is 250 Å². The second kappa shape index (κ2) is 10.8. The topological polar surface area (TPSA) is 133 Å². The molecule has 3 saturated carbocycles. The van der Waals surface area contributed by atoms with E-state index >= 15 is 0 Å². The highest BCUT2D eigenvalue weighted by Gasteiger charge is 2.78. The molecule has 3 aliphatic heterocycles. The number of nitrogens with one attached hydrogen (secondary N) is 1. The van der Waals surface area contributed by atoms with Crippen LogP contribution in [0.4, 0.5) is 13.2 Å². The Hall–Kier alpha value is -3.04. The Bertz CT molecular complexity index is 1350. The number of carbonyl (C=O) groups excluding carboxylic acids is 3. The highest BCUT2D eigenvalue weighted by molar-refractivity contribution is 5.93. The van der Waals surface area contributed by atoms with Crippen LogP contribution in [0.25, 0.3) is 6.08 Å². The van der Waals surface area contributed by atoms with Crippen LogP contribution in [0, 0.1) is 17.3 Å². The number of alkyl halides is 3. The molecule has 238 valence electrons. The monoisotopic (exact) mass is 622 g/mol. The van der Waals surface area contributed by atoms with Gasteiger partial charge < -0.3 is 29.4 Å². The lowest BCUT2D eigenvalue weighted by Crippen LogP contribution is -2.69. The number of benzene rings is 1. The highest BCUT2D eigenvalue weighted by Crippen LogP contribution is 2.63. The van der Waals surface area contributed by atoms with Crippen molar-refractivity contribution in [2.75, 3.05) is 19.8 Å². The van der Waals surface area contributed by atoms with Gasteiger partial charge in [0.25, 0.3) is 0 Å². The predicted octanol–water partition coefficient (Wildman–Crippen LogP) is 2.01. The maximum atomic E-state index is 13.9. The van der Waals surface area contributed by atoms with E-state index in [9.17, 15) is 32.7 Å². The molecule has 2 bridgehead atoms. The molecule has 0 aromatic heterocycles. The van der Waals surface area contributed by atoms with Gasteiger partial charge in [0.05, 0.1) is 13.2 Å². The van der Waals surface area contributed by atoms with E-state index in [4.69, 9.17) is 19.0 Å². The van der Waals surface area contributed by atoms with Gasteiger partial charge in [0.2, 0.25) is 5.91 Å². The van der Waals surface area contributed by atoms with E-state index in [1.54, 1.807) is 24.3 Å². The van der Waals surface area contributed by atoms with Crippen LogP contribution in [0.1, 0.15) is 43.2 Å². The zero-order valence-corrected chi connectivity index (χ0v) is 23.7. The third-order valence-electron chi connectivity index (χ3n) is 9.46. The average Bonchev–Trinajstić information content (AvgIpc) is 3.93. The third kappa shape index (κ3) is 5.00. The van der Waals surface area contributed by atoms with Gasteiger partial charge in [0, 0.05) is 30.9 Å². The first-order valence-electron chi connectivity index (χ1n) is 14.9. The van der Waals surface area contributed by atoms with Crippen LogP contribution in [0.15, 0.2) is 30.3 Å². The van der Waals surface area contributed by atoms with Crippen LogP contribution in [-0.4, -0.2) is 90.2 Å². The SMILES string of the molecule is O=C(C=Cc1ccccc1CN1OC2C3OC(C4CC4)(C4CC4)OC3C3CC2(C(=O)NCCO)C1C(=O)O3)OCC(F)(F)F. The molecule has 0 radical (unpaired) electrons. The molecule has 44 heavy (non-hydrogen) atoms. The van der Waals surface area contributed by atoms with E-state index in [-0.39, 0.29) is 38.0 Å². The summed E-state index contributed by atoms with van der Waals surface area (Å²) < 4.78 is 61.0. The van der Waals surface area contributed by atoms with Crippen LogP contribution in [-0.2, 0) is 44.7 Å². The largest absolute Gasteiger partial charge is 0.458 e. The van der Waals surface area contributed by atoms with E-state index in [0.717, 1.165) is 31.8 Å². The number of aliphatic hydroxyl groups is 1. The van der Waals surface area contributed by atoms with Crippen molar-refractivity contribution in [1.82, 2.24) is 10.4 Å². The van der Waals surface area contributed by atoms with Gasteiger partial charge in [0.1, 0.15) is 29.8 Å². The second-order valence-electron chi connectivity index (χ2n) is 12.4. The lowest BCUT2D eigenvalue weighted by Gasteiger charge is -2.48. The number of ether oxygens (including phenoxy) is 4. The molecule has 0 spiro atoms. The van der Waals surface area contributed by atoms with Crippen LogP contribution in [0.5, 0.6) is 0 Å². The van der Waals surface area contributed by atoms with E-state index in [1.165, 1.54) is 11.1 Å². The molecule has 3 saturated heterocycles. The van der Waals surface area contributed by atoms with Crippen molar-refractivity contribution < 1.29 is 56.4 Å². The summed E-state index contributed by atoms with van der Waals surface area (Å²) in [6.07, 6.45) is -1.33. The molecule has 1 amide bonds. The minimum atomic E-state index is -4.65. The number of halogens is 3. The molecule has 1 aromatic rings. The van der Waals surface area contributed by atoms with E-state index in [0.29, 0.717) is 11.1 Å². The molecular weight excluding hydrogens is 589 g/mol. The number of hydrogen-bond donors (Lipinski definition) is 2. The molecular formula is C30H33F3N2O9. The van der Waals surface area contributed by atoms with Crippen molar-refractivity contribution in [2.45, 2.75) is 81.1 Å². The van der Waals surface area contributed by atoms with Gasteiger partial charge in [0.15, 0.2) is 18.4 Å². The highest BCUT2D eigenvalue weighted by atomic mass is 19.4. The number of rotatable bonds is 10. The molecule has 3 aliphatic carbocycles. The fourth-order valence-electron chi connectivity index (χ4n) is 7.37. The van der Waals surface area contributed by atoms with E-state index in [2.05, 4.69) is 10.1 Å². The van der Waals surface area contributed by atoms with Gasteiger partial charge >= 0.3 is 18.1 Å². The fraction of sp³-hybridized carbons (Fsp3) is 0.633. The van der Waals surface area contributed by atoms with E-state index < -0.39 is 72.3 Å². The molecule has 1 aromatic carbocycles. The molecule has 6 atom stereocenters. The molecule has 11 nitrogen and oxygen atoms in total. The second-order valence-corrected chi connectivity index (χ2v) is 12.4. The summed E-state index contributed by atoms with van der Waals surface area (Å²) in [6, 6.07) is 5.61. The summed E-state index contributed by atoms with van der Waals surface area (Å²) in [6.45, 7) is -2.04. The van der Waals surface area contributed by atoms with Gasteiger partial charge in [-0.3, -0.25) is 14.4 Å². The Morgan fingerprint density at radius 1 is 1.11 bits per heavy atom. The van der Waals surface area contributed by atoms with Crippen molar-refractivity contribution in [3.05, 3.63) is 41.5 Å². The average molecular weight is 623 g/mol. The predicted molar refractivity (Wildman–Crippen MR) is 142 cm³/mol. The van der Waals surface area contributed by atoms with Crippen LogP contribution >= 0.6 is 0 Å². The number of esters is 2. The Morgan fingerprint density at radius 3 is 2.50 bits per heavy atom. The fourth-order valence-corrected chi connectivity index (χ4v) is 7.37. The van der Waals surface area contributed by atoms with Crippen molar-refractivity contribution >= 4 is 23.9 Å². The normalized spacial score (nSPS) is 34.1. The zero-order chi connectivity index (χ0) is 30.9. The number of carbonyl (C=O) groups is 3. The van der Waals surface area contributed by atoms with Gasteiger partial charge in [-0.25, -0.2) is 4.79 Å². The minimum Gasteiger partial charge on any atom is -0.458 e. The molecule has 3 heterocycles. The summed E-state index contributed by atoms with van der Waals surface area (Å²) in [4.78, 5) is 46.1. The standard InChI is InChI=1S/C30H33F3N2O9/c31-29(32,33)15-40-21(37)10-5-16-3-1-2-4-17(16)14-35-24-26(38)41-20-13-28(24,27(39)34-11-12-36)25(44-35)23-22(20)42-30(43-23,18-6-7-18)19-8-9-19/h1-5,10,18-20,22-25,36H,6-9,11-15H2,(H,34,39). The van der Waals surface area contributed by atoms with E-state index in [1.807, 2.05) is 0 Å². The first-order chi connectivity index (χ1) is 21.1. The van der Waals surface area contributed by atoms with Crippen molar-refractivity contribution in [3.8, 4) is 0 Å². The number of hydrogen-bond acceptors (Lipinski definition) is 10. The maximum absolute atomic E-state index is 13.9. The quantitative estimate of drug-likeness (QED) is 0.295. The van der Waals surface area contributed by atoms with Crippen molar-refractivity contribution in [3.63, 3.8) is 0 Å². The minimum absolute atomic E-state index is 0.0165. The first kappa shape index (κ1) is 29.7. The lowest BCUT2D eigenvalue weighted by atomic mass is 9.62. The Balaban J connectivity index is 1.19. The summed E-state index contributed by atoms with van der Waals surface area (Å²) in [7, 11) is 0. The molecule has 6 aliphatic rings. The number of fused-ring (bicyclic) bond motifs is 4. The van der Waals surface area contributed by atoms with Gasteiger partial charge in [-0.05, 0) is 42.9 Å². The summed E-state index contributed by atoms with van der Waals surface area (Å²) >= 11 is 0. The maximum Gasteiger partial charge on any atom is 0.422 e. The Kier molecular flexibility index (Phi) is 7.28. The summed E-state index contributed by atoms with van der Waals surface area (Å²) in [5.41, 5.74) is -0.359. The molecule has 6 fully saturated rings. The number of aliphatic hydroxyl groups excluding tert-OH is 1. The molecule has 6 unspecified atom stereocenters. The first-order valence-corrected chi connectivity index (χ1v) is 14.9. The number of amides is 1. The van der Waals surface area contributed by atoms with Gasteiger partial charge in [-0.2, -0.15) is 18.2 Å². The van der Waals surface area contributed by atoms with Gasteiger partial charge in [-0.1, -0.05) is 24.3 Å². The van der Waals surface area contributed by atoms with Crippen molar-refractivity contribution in [1.29, 1.82) is 0 Å². The summed E-state index contributed by atoms with van der Waals surface area (Å²) in [5, 5.41) is 13.6.